The van der Waals surface area contributed by atoms with Gasteiger partial charge in [-0.25, -0.2) is 4.39 Å². The number of ether oxygens (including phenoxy) is 1. The van der Waals surface area contributed by atoms with Crippen molar-refractivity contribution in [3.8, 4) is 0 Å². The summed E-state index contributed by atoms with van der Waals surface area (Å²) in [5.74, 6) is -0.412. The van der Waals surface area contributed by atoms with Crippen LogP contribution >= 0.6 is 0 Å². The lowest BCUT2D eigenvalue weighted by Crippen LogP contribution is -2.40. The maximum absolute atomic E-state index is 12.8. The summed E-state index contributed by atoms with van der Waals surface area (Å²) in [6.45, 7) is 3.40. The number of piperidine rings is 1. The van der Waals surface area contributed by atoms with E-state index in [4.69, 9.17) is 4.74 Å². The van der Waals surface area contributed by atoms with Crippen LogP contribution in [0.1, 0.15) is 31.7 Å². The molecule has 0 N–H and O–H groups in total. The molecule has 0 bridgehead atoms. The van der Waals surface area contributed by atoms with Crippen LogP contribution in [0.4, 0.5) is 4.39 Å². The molecule has 1 heterocycles. The SMILES string of the molecule is CCOC(=O)C1CCN(C(=O)CCc2ccc(F)cc2)CC1. The van der Waals surface area contributed by atoms with Gasteiger partial charge < -0.3 is 9.64 Å². The van der Waals surface area contributed by atoms with Crippen molar-refractivity contribution in [3.63, 3.8) is 0 Å². The van der Waals surface area contributed by atoms with Crippen LogP contribution in [-0.2, 0) is 20.7 Å². The number of nitrogens with zero attached hydrogens (tertiary/aromatic N) is 1. The summed E-state index contributed by atoms with van der Waals surface area (Å²) in [4.78, 5) is 25.6. The summed E-state index contributed by atoms with van der Waals surface area (Å²) in [6.07, 6.45) is 2.36. The van der Waals surface area contributed by atoms with Crippen LogP contribution in [0.5, 0.6) is 0 Å². The van der Waals surface area contributed by atoms with Crippen LogP contribution in [0.25, 0.3) is 0 Å². The average Bonchev–Trinajstić information content (AvgIpc) is 2.54. The van der Waals surface area contributed by atoms with Gasteiger partial charge in [0.15, 0.2) is 0 Å². The van der Waals surface area contributed by atoms with Gasteiger partial charge in [0.25, 0.3) is 0 Å². The molecular weight excluding hydrogens is 285 g/mol. The lowest BCUT2D eigenvalue weighted by Gasteiger charge is -2.31. The van der Waals surface area contributed by atoms with E-state index >= 15 is 0 Å². The molecule has 4 nitrogen and oxygen atoms in total. The summed E-state index contributed by atoms with van der Waals surface area (Å²) in [6, 6.07) is 6.22. The number of hydrogen-bond donors (Lipinski definition) is 0. The normalized spacial score (nSPS) is 15.6. The van der Waals surface area contributed by atoms with Gasteiger partial charge in [-0.3, -0.25) is 9.59 Å². The number of carbonyl (C=O) groups is 2. The molecule has 0 saturated carbocycles. The number of carbonyl (C=O) groups excluding carboxylic acids is 2. The van der Waals surface area contributed by atoms with Crippen LogP contribution in [0.2, 0.25) is 0 Å². The Labute approximate surface area is 130 Å². The predicted molar refractivity (Wildman–Crippen MR) is 80.7 cm³/mol. The third kappa shape index (κ3) is 4.55. The fraction of sp³-hybridized carbons (Fsp3) is 0.529. The van der Waals surface area contributed by atoms with Crippen LogP contribution in [-0.4, -0.2) is 36.5 Å². The van der Waals surface area contributed by atoms with Gasteiger partial charge in [-0.2, -0.15) is 0 Å². The topological polar surface area (TPSA) is 46.6 Å². The Morgan fingerprint density at radius 3 is 2.45 bits per heavy atom. The Hall–Kier alpha value is -1.91. The third-order valence-electron chi connectivity index (χ3n) is 4.01. The maximum atomic E-state index is 12.8. The van der Waals surface area contributed by atoms with Crippen molar-refractivity contribution in [3.05, 3.63) is 35.6 Å². The van der Waals surface area contributed by atoms with Crippen LogP contribution < -0.4 is 0 Å². The van der Waals surface area contributed by atoms with Crippen LogP contribution in [0.15, 0.2) is 24.3 Å². The molecule has 1 saturated heterocycles. The Morgan fingerprint density at radius 1 is 1.23 bits per heavy atom. The zero-order valence-corrected chi connectivity index (χ0v) is 12.9. The maximum Gasteiger partial charge on any atom is 0.309 e. The fourth-order valence-electron chi connectivity index (χ4n) is 2.69. The molecule has 0 atom stereocenters. The minimum atomic E-state index is -0.267. The quantitative estimate of drug-likeness (QED) is 0.785. The Bertz CT molecular complexity index is 507. The monoisotopic (exact) mass is 307 g/mol. The molecule has 22 heavy (non-hydrogen) atoms. The van der Waals surface area contributed by atoms with E-state index in [2.05, 4.69) is 0 Å². The Balaban J connectivity index is 1.75. The van der Waals surface area contributed by atoms with E-state index in [1.165, 1.54) is 12.1 Å². The minimum Gasteiger partial charge on any atom is -0.466 e. The summed E-state index contributed by atoms with van der Waals surface area (Å²) < 4.78 is 17.8. The molecule has 0 radical (unpaired) electrons. The molecule has 120 valence electrons. The number of hydrogen-bond acceptors (Lipinski definition) is 3. The molecule has 1 fully saturated rings. The largest absolute Gasteiger partial charge is 0.466 e. The van der Waals surface area contributed by atoms with Crippen molar-refractivity contribution in [1.82, 2.24) is 4.90 Å². The second-order valence-electron chi connectivity index (χ2n) is 5.53. The molecule has 1 aliphatic rings. The number of aryl methyl sites for hydroxylation is 1. The van der Waals surface area contributed by atoms with Crippen molar-refractivity contribution >= 4 is 11.9 Å². The second kappa shape index (κ2) is 7.92. The van der Waals surface area contributed by atoms with Crippen molar-refractivity contribution in [2.75, 3.05) is 19.7 Å². The lowest BCUT2D eigenvalue weighted by atomic mass is 9.96. The molecule has 0 aliphatic carbocycles. The highest BCUT2D eigenvalue weighted by molar-refractivity contribution is 5.77. The van der Waals surface area contributed by atoms with Crippen molar-refractivity contribution in [1.29, 1.82) is 0 Å². The van der Waals surface area contributed by atoms with E-state index in [0.717, 1.165) is 5.56 Å². The molecule has 1 amide bonds. The summed E-state index contributed by atoms with van der Waals surface area (Å²) in [5, 5.41) is 0. The van der Waals surface area contributed by atoms with Gasteiger partial charge in [0.05, 0.1) is 12.5 Å². The summed E-state index contributed by atoms with van der Waals surface area (Å²) in [5.41, 5.74) is 0.955. The van der Waals surface area contributed by atoms with Gasteiger partial charge in [0.1, 0.15) is 5.82 Å². The molecule has 2 rings (SSSR count). The number of rotatable bonds is 5. The van der Waals surface area contributed by atoms with Crippen molar-refractivity contribution in [2.24, 2.45) is 5.92 Å². The molecule has 0 aromatic heterocycles. The molecule has 0 spiro atoms. The summed E-state index contributed by atoms with van der Waals surface area (Å²) in [7, 11) is 0. The first kappa shape index (κ1) is 16.5. The molecular formula is C17H22FNO3. The van der Waals surface area contributed by atoms with E-state index in [9.17, 15) is 14.0 Å². The molecule has 1 aromatic carbocycles. The van der Waals surface area contributed by atoms with Gasteiger partial charge in [-0.05, 0) is 43.9 Å². The average molecular weight is 307 g/mol. The standard InChI is InChI=1S/C17H22FNO3/c1-2-22-17(21)14-9-11-19(12-10-14)16(20)8-5-13-3-6-15(18)7-4-13/h3-4,6-7,14H,2,5,8-12H2,1H3. The number of halogens is 1. The molecule has 5 heteroatoms. The van der Waals surface area contributed by atoms with Gasteiger partial charge in [0, 0.05) is 19.5 Å². The van der Waals surface area contributed by atoms with Crippen molar-refractivity contribution < 1.29 is 18.7 Å². The summed E-state index contributed by atoms with van der Waals surface area (Å²) >= 11 is 0. The molecule has 1 aromatic rings. The first-order valence-corrected chi connectivity index (χ1v) is 7.79. The minimum absolute atomic E-state index is 0.0823. The van der Waals surface area contributed by atoms with E-state index in [0.29, 0.717) is 45.4 Å². The van der Waals surface area contributed by atoms with Gasteiger partial charge in [-0.15, -0.1) is 0 Å². The van der Waals surface area contributed by atoms with Crippen LogP contribution in [0, 0.1) is 11.7 Å². The van der Waals surface area contributed by atoms with Gasteiger partial charge in [0.2, 0.25) is 5.91 Å². The van der Waals surface area contributed by atoms with E-state index in [-0.39, 0.29) is 23.6 Å². The molecule has 0 unspecified atom stereocenters. The first-order chi connectivity index (χ1) is 10.6. The third-order valence-corrected chi connectivity index (χ3v) is 4.01. The van der Waals surface area contributed by atoms with Crippen molar-refractivity contribution in [2.45, 2.75) is 32.6 Å². The highest BCUT2D eigenvalue weighted by atomic mass is 19.1. The number of benzene rings is 1. The first-order valence-electron chi connectivity index (χ1n) is 7.79. The number of esters is 1. The highest BCUT2D eigenvalue weighted by Crippen LogP contribution is 2.19. The highest BCUT2D eigenvalue weighted by Gasteiger charge is 2.27. The molecule has 1 aliphatic heterocycles. The lowest BCUT2D eigenvalue weighted by molar-refractivity contribution is -0.151. The smallest absolute Gasteiger partial charge is 0.309 e. The Morgan fingerprint density at radius 2 is 1.86 bits per heavy atom. The predicted octanol–water partition coefficient (Wildman–Crippen LogP) is 2.56. The second-order valence-corrected chi connectivity index (χ2v) is 5.53. The number of amides is 1. The van der Waals surface area contributed by atoms with Gasteiger partial charge in [-0.1, -0.05) is 12.1 Å². The van der Waals surface area contributed by atoms with E-state index < -0.39 is 0 Å². The van der Waals surface area contributed by atoms with Gasteiger partial charge >= 0.3 is 5.97 Å². The fourth-order valence-corrected chi connectivity index (χ4v) is 2.69. The van der Waals surface area contributed by atoms with E-state index in [1.54, 1.807) is 24.0 Å². The zero-order valence-electron chi connectivity index (χ0n) is 12.9. The Kier molecular flexibility index (Phi) is 5.92. The zero-order chi connectivity index (χ0) is 15.9. The number of likely N-dealkylation sites (tertiary alicyclic amines) is 1. The van der Waals surface area contributed by atoms with E-state index in [1.807, 2.05) is 0 Å². The van der Waals surface area contributed by atoms with Crippen LogP contribution in [0.3, 0.4) is 0 Å².